The van der Waals surface area contributed by atoms with Crippen molar-refractivity contribution in [2.45, 2.75) is 25.3 Å². The molecule has 7 heteroatoms. The predicted molar refractivity (Wildman–Crippen MR) is 81.3 cm³/mol. The van der Waals surface area contributed by atoms with Crippen molar-refractivity contribution in [1.29, 1.82) is 5.26 Å². The number of benzene rings is 1. The highest BCUT2D eigenvalue weighted by Gasteiger charge is 2.16. The van der Waals surface area contributed by atoms with Crippen LogP contribution in [0.2, 0.25) is 0 Å². The SMILES string of the molecule is Cc1sc(=O)n(CCS(=O)(=O)c2ccc(C#N)cc2)c1C. The van der Waals surface area contributed by atoms with Crippen LogP contribution in [0.15, 0.2) is 34.0 Å². The Morgan fingerprint density at radius 3 is 2.33 bits per heavy atom. The molecule has 0 radical (unpaired) electrons. The third kappa shape index (κ3) is 3.23. The van der Waals surface area contributed by atoms with Gasteiger partial charge < -0.3 is 4.57 Å². The van der Waals surface area contributed by atoms with Crippen molar-refractivity contribution in [2.75, 3.05) is 5.75 Å². The molecule has 0 fully saturated rings. The number of nitrogens with zero attached hydrogens (tertiary/aromatic N) is 2. The van der Waals surface area contributed by atoms with E-state index in [1.807, 2.05) is 19.9 Å². The third-order valence-electron chi connectivity index (χ3n) is 3.30. The Hall–Kier alpha value is -1.91. The van der Waals surface area contributed by atoms with Crippen LogP contribution in [0.5, 0.6) is 0 Å². The Balaban J connectivity index is 2.22. The summed E-state index contributed by atoms with van der Waals surface area (Å²) < 4.78 is 26.0. The molecule has 0 spiro atoms. The van der Waals surface area contributed by atoms with E-state index in [2.05, 4.69) is 0 Å². The number of rotatable bonds is 4. The zero-order chi connectivity index (χ0) is 15.6. The van der Waals surface area contributed by atoms with E-state index in [0.717, 1.165) is 21.9 Å². The molecule has 0 saturated heterocycles. The molecule has 110 valence electrons. The molecule has 0 unspecified atom stereocenters. The third-order valence-corrected chi connectivity index (χ3v) is 6.01. The van der Waals surface area contributed by atoms with Crippen LogP contribution in [-0.2, 0) is 16.4 Å². The number of sulfone groups is 1. The van der Waals surface area contributed by atoms with E-state index >= 15 is 0 Å². The topological polar surface area (TPSA) is 79.9 Å². The fraction of sp³-hybridized carbons (Fsp3) is 0.286. The van der Waals surface area contributed by atoms with Crippen molar-refractivity contribution < 1.29 is 8.42 Å². The maximum absolute atomic E-state index is 12.2. The van der Waals surface area contributed by atoms with E-state index in [-0.39, 0.29) is 22.1 Å². The summed E-state index contributed by atoms with van der Waals surface area (Å²) in [6.45, 7) is 3.78. The molecular formula is C14H14N2O3S2. The maximum atomic E-state index is 12.2. The van der Waals surface area contributed by atoms with Gasteiger partial charge >= 0.3 is 4.87 Å². The molecule has 21 heavy (non-hydrogen) atoms. The molecule has 1 aromatic carbocycles. The molecule has 2 rings (SSSR count). The Kier molecular flexibility index (Phi) is 4.30. The zero-order valence-corrected chi connectivity index (χ0v) is 13.3. The molecule has 0 aliphatic heterocycles. The molecule has 2 aromatic rings. The monoisotopic (exact) mass is 322 g/mol. The first-order valence-electron chi connectivity index (χ1n) is 6.25. The van der Waals surface area contributed by atoms with E-state index < -0.39 is 9.84 Å². The second-order valence-corrected chi connectivity index (χ2v) is 7.89. The van der Waals surface area contributed by atoms with Gasteiger partial charge in [-0.3, -0.25) is 4.79 Å². The van der Waals surface area contributed by atoms with E-state index in [9.17, 15) is 13.2 Å². The van der Waals surface area contributed by atoms with Crippen LogP contribution < -0.4 is 4.87 Å². The largest absolute Gasteiger partial charge is 0.307 e. The second-order valence-electron chi connectivity index (χ2n) is 4.62. The second kappa shape index (κ2) is 5.84. The summed E-state index contributed by atoms with van der Waals surface area (Å²) in [6, 6.07) is 7.72. The standard InChI is InChI=1S/C14H14N2O3S2/c1-10-11(2)20-14(17)16(10)7-8-21(18,19)13-5-3-12(9-15)4-6-13/h3-6H,7-8H2,1-2H3. The first kappa shape index (κ1) is 15.5. The van der Waals surface area contributed by atoms with Gasteiger partial charge in [-0.1, -0.05) is 11.3 Å². The minimum absolute atomic E-state index is 0.136. The molecule has 0 amide bonds. The summed E-state index contributed by atoms with van der Waals surface area (Å²) in [7, 11) is -3.47. The summed E-state index contributed by atoms with van der Waals surface area (Å²) in [6.07, 6.45) is 0. The Bertz CT molecular complexity index is 853. The Morgan fingerprint density at radius 1 is 1.24 bits per heavy atom. The normalized spacial score (nSPS) is 11.3. The van der Waals surface area contributed by atoms with Gasteiger partial charge in [0, 0.05) is 17.1 Å². The Morgan fingerprint density at radius 2 is 1.86 bits per heavy atom. The highest BCUT2D eigenvalue weighted by molar-refractivity contribution is 7.91. The fourth-order valence-corrected chi connectivity index (χ4v) is 3.98. The van der Waals surface area contributed by atoms with Gasteiger partial charge in [0.2, 0.25) is 0 Å². The van der Waals surface area contributed by atoms with Gasteiger partial charge in [-0.05, 0) is 38.1 Å². The van der Waals surface area contributed by atoms with E-state index in [4.69, 9.17) is 5.26 Å². The van der Waals surface area contributed by atoms with Crippen molar-refractivity contribution >= 4 is 21.2 Å². The van der Waals surface area contributed by atoms with Crippen LogP contribution in [0.3, 0.4) is 0 Å². The smallest absolute Gasteiger partial charge is 0.302 e. The molecule has 0 saturated carbocycles. The fourth-order valence-electron chi connectivity index (χ4n) is 1.91. The lowest BCUT2D eigenvalue weighted by Gasteiger charge is -2.07. The van der Waals surface area contributed by atoms with Crippen LogP contribution in [-0.4, -0.2) is 18.7 Å². The molecule has 1 aromatic heterocycles. The van der Waals surface area contributed by atoms with Gasteiger partial charge in [0.25, 0.3) is 0 Å². The minimum atomic E-state index is -3.47. The molecular weight excluding hydrogens is 308 g/mol. The molecule has 5 nitrogen and oxygen atoms in total. The van der Waals surface area contributed by atoms with Crippen LogP contribution in [0.25, 0.3) is 0 Å². The summed E-state index contributed by atoms with van der Waals surface area (Å²) in [5.41, 5.74) is 1.22. The average Bonchev–Trinajstić information content (AvgIpc) is 2.70. The zero-order valence-electron chi connectivity index (χ0n) is 11.7. The van der Waals surface area contributed by atoms with Gasteiger partial charge in [0.1, 0.15) is 0 Å². The van der Waals surface area contributed by atoms with Crippen LogP contribution in [0.1, 0.15) is 16.1 Å². The summed E-state index contributed by atoms with van der Waals surface area (Å²) in [5, 5.41) is 8.71. The number of nitriles is 1. The van der Waals surface area contributed by atoms with E-state index in [1.54, 1.807) is 0 Å². The highest BCUT2D eigenvalue weighted by atomic mass is 32.2. The quantitative estimate of drug-likeness (QED) is 0.860. The van der Waals surface area contributed by atoms with Crippen LogP contribution in [0, 0.1) is 25.2 Å². The van der Waals surface area contributed by atoms with E-state index in [1.165, 1.54) is 28.8 Å². The highest BCUT2D eigenvalue weighted by Crippen LogP contribution is 2.14. The Labute approximate surface area is 127 Å². The van der Waals surface area contributed by atoms with Gasteiger partial charge in [0.15, 0.2) is 9.84 Å². The number of thiazole rings is 1. The van der Waals surface area contributed by atoms with Gasteiger partial charge in [0.05, 0.1) is 22.3 Å². The summed E-state index contributed by atoms with van der Waals surface area (Å²) >= 11 is 1.12. The van der Waals surface area contributed by atoms with Gasteiger partial charge in [-0.15, -0.1) is 0 Å². The number of aryl methyl sites for hydroxylation is 1. The van der Waals surface area contributed by atoms with Gasteiger partial charge in [-0.25, -0.2) is 8.42 Å². The minimum Gasteiger partial charge on any atom is -0.302 e. The lowest BCUT2D eigenvalue weighted by molar-refractivity contribution is 0.587. The molecule has 0 bridgehead atoms. The van der Waals surface area contributed by atoms with Crippen molar-refractivity contribution in [3.63, 3.8) is 0 Å². The summed E-state index contributed by atoms with van der Waals surface area (Å²) in [4.78, 5) is 12.7. The van der Waals surface area contributed by atoms with Crippen molar-refractivity contribution in [3.8, 4) is 6.07 Å². The molecule has 0 aliphatic carbocycles. The lowest BCUT2D eigenvalue weighted by atomic mass is 10.2. The van der Waals surface area contributed by atoms with Crippen LogP contribution in [0.4, 0.5) is 0 Å². The van der Waals surface area contributed by atoms with Crippen molar-refractivity contribution in [3.05, 3.63) is 50.1 Å². The molecule has 0 atom stereocenters. The first-order chi connectivity index (χ1) is 9.85. The summed E-state index contributed by atoms with van der Waals surface area (Å²) in [5.74, 6) is -0.143. The molecule has 0 N–H and O–H groups in total. The van der Waals surface area contributed by atoms with Crippen LogP contribution >= 0.6 is 11.3 Å². The van der Waals surface area contributed by atoms with Crippen molar-refractivity contribution in [1.82, 2.24) is 4.57 Å². The van der Waals surface area contributed by atoms with Gasteiger partial charge in [-0.2, -0.15) is 5.26 Å². The number of aromatic nitrogens is 1. The molecule has 0 aliphatic rings. The first-order valence-corrected chi connectivity index (χ1v) is 8.72. The number of hydrogen-bond acceptors (Lipinski definition) is 5. The van der Waals surface area contributed by atoms with E-state index in [0.29, 0.717) is 5.56 Å². The molecule has 1 heterocycles. The predicted octanol–water partition coefficient (Wildman–Crippen LogP) is 1.87. The van der Waals surface area contributed by atoms with Crippen molar-refractivity contribution in [2.24, 2.45) is 0 Å². The average molecular weight is 322 g/mol. The number of hydrogen-bond donors (Lipinski definition) is 0. The lowest BCUT2D eigenvalue weighted by Crippen LogP contribution is -2.21. The maximum Gasteiger partial charge on any atom is 0.307 e.